The SMILES string of the molecule is CN(C)CCN/C=C(/C#N)C(=O)N1CCN(C(c2ccccc2)c2ccccc2)CC1. The average Bonchev–Trinajstić information content (AvgIpc) is 2.81. The lowest BCUT2D eigenvalue weighted by Gasteiger charge is -2.39. The van der Waals surface area contributed by atoms with E-state index >= 15 is 0 Å². The summed E-state index contributed by atoms with van der Waals surface area (Å²) in [4.78, 5) is 19.1. The molecule has 162 valence electrons. The van der Waals surface area contributed by atoms with Gasteiger partial charge in [0.2, 0.25) is 0 Å². The molecule has 1 fully saturated rings. The first kappa shape index (κ1) is 22.5. The highest BCUT2D eigenvalue weighted by Gasteiger charge is 2.29. The standard InChI is InChI=1S/C25H31N5O/c1-28(2)14-13-27-20-23(19-26)25(31)30-17-15-29(16-18-30)24(21-9-5-3-6-10-21)22-11-7-4-8-12-22/h3-12,20,24,27H,13-18H2,1-2H3/b23-20-. The predicted molar refractivity (Wildman–Crippen MR) is 123 cm³/mol. The van der Waals surface area contributed by atoms with Crippen LogP contribution in [-0.2, 0) is 4.79 Å². The average molecular weight is 418 g/mol. The van der Waals surface area contributed by atoms with Crippen LogP contribution in [0.3, 0.4) is 0 Å². The first-order valence-corrected chi connectivity index (χ1v) is 10.7. The summed E-state index contributed by atoms with van der Waals surface area (Å²) in [5.74, 6) is -0.199. The smallest absolute Gasteiger partial charge is 0.266 e. The van der Waals surface area contributed by atoms with Crippen molar-refractivity contribution in [2.45, 2.75) is 6.04 Å². The number of rotatable bonds is 8. The van der Waals surface area contributed by atoms with E-state index in [-0.39, 0.29) is 17.5 Å². The maximum atomic E-state index is 12.8. The summed E-state index contributed by atoms with van der Waals surface area (Å²) in [6.45, 7) is 4.24. The Labute approximate surface area is 185 Å². The van der Waals surface area contributed by atoms with E-state index in [0.717, 1.165) is 19.6 Å². The topological polar surface area (TPSA) is 62.6 Å². The van der Waals surface area contributed by atoms with Crippen molar-refractivity contribution in [2.24, 2.45) is 0 Å². The van der Waals surface area contributed by atoms with Crippen LogP contribution in [-0.4, -0.2) is 74.0 Å². The fourth-order valence-electron chi connectivity index (χ4n) is 3.84. The van der Waals surface area contributed by atoms with E-state index in [1.807, 2.05) is 31.1 Å². The van der Waals surface area contributed by atoms with Crippen LogP contribution in [0.2, 0.25) is 0 Å². The molecule has 3 rings (SSSR count). The number of carbonyl (C=O) groups excluding carboxylic acids is 1. The molecule has 0 saturated carbocycles. The molecule has 1 saturated heterocycles. The van der Waals surface area contributed by atoms with Gasteiger partial charge in [-0.25, -0.2) is 0 Å². The minimum atomic E-state index is -0.199. The maximum Gasteiger partial charge on any atom is 0.266 e. The Balaban J connectivity index is 1.66. The lowest BCUT2D eigenvalue weighted by atomic mass is 9.96. The van der Waals surface area contributed by atoms with Gasteiger partial charge in [-0.3, -0.25) is 9.69 Å². The van der Waals surface area contributed by atoms with Gasteiger partial charge < -0.3 is 15.1 Å². The van der Waals surface area contributed by atoms with Crippen molar-refractivity contribution in [3.63, 3.8) is 0 Å². The molecule has 0 aromatic heterocycles. The molecular formula is C25H31N5O. The molecule has 6 heteroatoms. The second kappa shape index (κ2) is 11.3. The molecule has 1 aliphatic heterocycles. The Morgan fingerprint density at radius 3 is 2.06 bits per heavy atom. The van der Waals surface area contributed by atoms with Crippen molar-refractivity contribution < 1.29 is 4.79 Å². The first-order valence-electron chi connectivity index (χ1n) is 10.7. The third-order valence-corrected chi connectivity index (χ3v) is 5.50. The van der Waals surface area contributed by atoms with E-state index in [4.69, 9.17) is 0 Å². The lowest BCUT2D eigenvalue weighted by Crippen LogP contribution is -2.50. The third-order valence-electron chi connectivity index (χ3n) is 5.50. The summed E-state index contributed by atoms with van der Waals surface area (Å²) in [7, 11) is 3.97. The number of amides is 1. The lowest BCUT2D eigenvalue weighted by molar-refractivity contribution is -0.128. The van der Waals surface area contributed by atoms with Crippen LogP contribution in [0.25, 0.3) is 0 Å². The van der Waals surface area contributed by atoms with Crippen molar-refractivity contribution in [3.05, 3.63) is 83.6 Å². The fourth-order valence-corrected chi connectivity index (χ4v) is 3.84. The molecule has 6 nitrogen and oxygen atoms in total. The number of piperazine rings is 1. The molecule has 31 heavy (non-hydrogen) atoms. The van der Waals surface area contributed by atoms with Gasteiger partial charge in [0.05, 0.1) is 6.04 Å². The van der Waals surface area contributed by atoms with Gasteiger partial charge >= 0.3 is 0 Å². The van der Waals surface area contributed by atoms with Crippen molar-refractivity contribution in [3.8, 4) is 6.07 Å². The highest BCUT2D eigenvalue weighted by molar-refractivity contribution is 5.97. The Morgan fingerprint density at radius 1 is 1.03 bits per heavy atom. The van der Waals surface area contributed by atoms with E-state index in [0.29, 0.717) is 19.6 Å². The molecule has 0 spiro atoms. The summed E-state index contributed by atoms with van der Waals surface area (Å²) in [6, 6.07) is 23.2. The number of nitrogens with zero attached hydrogens (tertiary/aromatic N) is 4. The number of nitrogens with one attached hydrogen (secondary N) is 1. The van der Waals surface area contributed by atoms with Crippen molar-refractivity contribution in [1.29, 1.82) is 5.26 Å². The van der Waals surface area contributed by atoms with Gasteiger partial charge in [-0.15, -0.1) is 0 Å². The van der Waals surface area contributed by atoms with Gasteiger partial charge in [-0.05, 0) is 25.2 Å². The van der Waals surface area contributed by atoms with E-state index in [9.17, 15) is 10.1 Å². The first-order chi connectivity index (χ1) is 15.1. The van der Waals surface area contributed by atoms with Gasteiger partial charge in [-0.1, -0.05) is 60.7 Å². The van der Waals surface area contributed by atoms with Crippen LogP contribution >= 0.6 is 0 Å². The van der Waals surface area contributed by atoms with Crippen LogP contribution in [0.15, 0.2) is 72.4 Å². The summed E-state index contributed by atoms with van der Waals surface area (Å²) < 4.78 is 0. The highest BCUT2D eigenvalue weighted by Crippen LogP contribution is 2.29. The second-order valence-electron chi connectivity index (χ2n) is 7.98. The van der Waals surface area contributed by atoms with Crippen molar-refractivity contribution in [1.82, 2.24) is 20.0 Å². The second-order valence-corrected chi connectivity index (χ2v) is 7.98. The van der Waals surface area contributed by atoms with E-state index in [2.05, 4.69) is 64.8 Å². The summed E-state index contributed by atoms with van der Waals surface area (Å²) in [6.07, 6.45) is 1.55. The number of carbonyl (C=O) groups is 1. The molecule has 1 aliphatic rings. The Kier molecular flexibility index (Phi) is 8.22. The molecule has 0 aliphatic carbocycles. The van der Waals surface area contributed by atoms with E-state index in [1.54, 1.807) is 11.1 Å². The Hall–Kier alpha value is -3.14. The minimum Gasteiger partial charge on any atom is -0.388 e. The zero-order chi connectivity index (χ0) is 22.1. The van der Waals surface area contributed by atoms with Gasteiger partial charge in [0.1, 0.15) is 11.6 Å². The normalized spacial score (nSPS) is 15.2. The largest absolute Gasteiger partial charge is 0.388 e. The quantitative estimate of drug-likeness (QED) is 0.406. The number of nitriles is 1. The van der Waals surface area contributed by atoms with Crippen LogP contribution in [0, 0.1) is 11.3 Å². The number of benzene rings is 2. The molecule has 0 atom stereocenters. The molecule has 1 N–H and O–H groups in total. The number of likely N-dealkylation sites (N-methyl/N-ethyl adjacent to an activating group) is 1. The number of hydrogen-bond donors (Lipinski definition) is 1. The van der Waals surface area contributed by atoms with Crippen molar-refractivity contribution in [2.75, 3.05) is 53.4 Å². The zero-order valence-corrected chi connectivity index (χ0v) is 18.4. The monoisotopic (exact) mass is 417 g/mol. The molecule has 1 heterocycles. The molecular weight excluding hydrogens is 386 g/mol. The van der Waals surface area contributed by atoms with E-state index in [1.165, 1.54) is 11.1 Å². The van der Waals surface area contributed by atoms with Crippen LogP contribution in [0.1, 0.15) is 17.2 Å². The molecule has 0 radical (unpaired) electrons. The van der Waals surface area contributed by atoms with Crippen LogP contribution in [0.5, 0.6) is 0 Å². The summed E-state index contributed by atoms with van der Waals surface area (Å²) in [5, 5.41) is 12.5. The fraction of sp³-hybridized carbons (Fsp3) is 0.360. The van der Waals surface area contributed by atoms with Crippen LogP contribution in [0.4, 0.5) is 0 Å². The number of hydrogen-bond acceptors (Lipinski definition) is 5. The third kappa shape index (κ3) is 6.17. The van der Waals surface area contributed by atoms with Gasteiger partial charge in [-0.2, -0.15) is 5.26 Å². The van der Waals surface area contributed by atoms with Gasteiger partial charge in [0.25, 0.3) is 5.91 Å². The molecule has 1 amide bonds. The zero-order valence-electron chi connectivity index (χ0n) is 18.4. The molecule has 0 bridgehead atoms. The Morgan fingerprint density at radius 2 is 1.58 bits per heavy atom. The highest BCUT2D eigenvalue weighted by atomic mass is 16.2. The minimum absolute atomic E-state index is 0.151. The molecule has 2 aromatic rings. The van der Waals surface area contributed by atoms with Gasteiger partial charge in [0, 0.05) is 45.5 Å². The Bertz CT molecular complexity index is 857. The van der Waals surface area contributed by atoms with Gasteiger partial charge in [0.15, 0.2) is 0 Å². The van der Waals surface area contributed by atoms with E-state index < -0.39 is 0 Å². The molecule has 0 unspecified atom stereocenters. The molecule has 2 aromatic carbocycles. The maximum absolute atomic E-state index is 12.8. The predicted octanol–water partition coefficient (Wildman–Crippen LogP) is 2.48. The summed E-state index contributed by atoms with van der Waals surface area (Å²) in [5.41, 5.74) is 2.65. The summed E-state index contributed by atoms with van der Waals surface area (Å²) >= 11 is 0. The van der Waals surface area contributed by atoms with Crippen LogP contribution < -0.4 is 5.32 Å². The van der Waals surface area contributed by atoms with Crippen molar-refractivity contribution >= 4 is 5.91 Å².